The average Bonchev–Trinajstić information content (AvgIpc) is 3.26. The number of carbonyl (C=O) groups is 1. The Hall–Kier alpha value is -2.90. The zero-order chi connectivity index (χ0) is 21.1. The molecule has 0 aliphatic carbocycles. The molecule has 7 heteroatoms. The molecule has 1 N–H and O–H groups in total. The van der Waals surface area contributed by atoms with Gasteiger partial charge in [0.15, 0.2) is 11.5 Å². The minimum atomic E-state index is -0.378. The molecule has 2 heterocycles. The molecule has 0 radical (unpaired) electrons. The number of thiophene rings is 1. The van der Waals surface area contributed by atoms with Gasteiger partial charge in [0.2, 0.25) is 5.91 Å². The fraction of sp³-hybridized carbons (Fsp3) is 0.261. The Bertz CT molecular complexity index is 1040. The molecule has 0 saturated carbocycles. The number of hydrogen-bond acceptors (Lipinski definition) is 5. The number of halogens is 1. The van der Waals surface area contributed by atoms with Crippen LogP contribution < -0.4 is 14.8 Å². The lowest BCUT2D eigenvalue weighted by Gasteiger charge is -2.37. The van der Waals surface area contributed by atoms with Crippen LogP contribution in [0.4, 0.5) is 10.1 Å². The number of methoxy groups -OCH3 is 2. The van der Waals surface area contributed by atoms with Crippen LogP contribution in [0.15, 0.2) is 53.9 Å². The van der Waals surface area contributed by atoms with Crippen molar-refractivity contribution in [3.8, 4) is 11.5 Å². The summed E-state index contributed by atoms with van der Waals surface area (Å²) in [5.41, 5.74) is 2.75. The highest BCUT2D eigenvalue weighted by Crippen LogP contribution is 2.42. The molecular weight excluding hydrogens is 403 g/mol. The standard InChI is InChI=1S/C23H23FN2O3S/c1-28-19-11-15-8-9-26(14-22(27)25-17-6-3-5-16(24)12-17)23(21-7-4-10-30-21)18(15)13-20(19)29-2/h3-7,10-13,23H,8-9,14H2,1-2H3,(H,25,27). The first-order chi connectivity index (χ1) is 14.6. The van der Waals surface area contributed by atoms with Gasteiger partial charge in [-0.2, -0.15) is 0 Å². The lowest BCUT2D eigenvalue weighted by Crippen LogP contribution is -2.40. The predicted molar refractivity (Wildman–Crippen MR) is 116 cm³/mol. The second-order valence-electron chi connectivity index (χ2n) is 7.10. The van der Waals surface area contributed by atoms with Gasteiger partial charge in [-0.25, -0.2) is 4.39 Å². The van der Waals surface area contributed by atoms with Gasteiger partial charge in [0, 0.05) is 17.1 Å². The number of anilines is 1. The van der Waals surface area contributed by atoms with Crippen LogP contribution in [-0.4, -0.2) is 38.1 Å². The molecule has 4 rings (SSSR count). The SMILES string of the molecule is COc1cc2c(cc1OC)C(c1cccs1)N(CC(=O)Nc1cccc(F)c1)CC2. The number of nitrogens with zero attached hydrogens (tertiary/aromatic N) is 1. The van der Waals surface area contributed by atoms with E-state index < -0.39 is 0 Å². The number of benzene rings is 2. The Balaban J connectivity index is 1.63. The molecule has 0 spiro atoms. The van der Waals surface area contributed by atoms with Crippen LogP contribution in [0.3, 0.4) is 0 Å². The van der Waals surface area contributed by atoms with Gasteiger partial charge in [0.1, 0.15) is 5.82 Å². The van der Waals surface area contributed by atoms with E-state index in [1.807, 2.05) is 23.6 Å². The average molecular weight is 427 g/mol. The molecule has 1 amide bonds. The fourth-order valence-corrected chi connectivity index (χ4v) is 4.78. The van der Waals surface area contributed by atoms with Crippen molar-refractivity contribution in [1.29, 1.82) is 0 Å². The summed E-state index contributed by atoms with van der Waals surface area (Å²) in [7, 11) is 3.25. The Labute approximate surface area is 179 Å². The maximum Gasteiger partial charge on any atom is 0.238 e. The van der Waals surface area contributed by atoms with Gasteiger partial charge in [0.25, 0.3) is 0 Å². The highest BCUT2D eigenvalue weighted by atomic mass is 32.1. The zero-order valence-corrected chi connectivity index (χ0v) is 17.7. The molecule has 1 aliphatic rings. The van der Waals surface area contributed by atoms with E-state index in [9.17, 15) is 9.18 Å². The van der Waals surface area contributed by atoms with E-state index in [2.05, 4.69) is 16.3 Å². The van der Waals surface area contributed by atoms with E-state index in [1.165, 1.54) is 17.7 Å². The maximum absolute atomic E-state index is 13.4. The van der Waals surface area contributed by atoms with Crippen LogP contribution in [-0.2, 0) is 11.2 Å². The summed E-state index contributed by atoms with van der Waals surface area (Å²) in [4.78, 5) is 16.0. The summed E-state index contributed by atoms with van der Waals surface area (Å²) < 4.78 is 24.4. The van der Waals surface area contributed by atoms with Crippen molar-refractivity contribution in [2.75, 3.05) is 32.6 Å². The van der Waals surface area contributed by atoms with E-state index in [-0.39, 0.29) is 24.3 Å². The number of amides is 1. The topological polar surface area (TPSA) is 50.8 Å². The summed E-state index contributed by atoms with van der Waals surface area (Å²) in [6.45, 7) is 0.925. The van der Waals surface area contributed by atoms with Crippen molar-refractivity contribution >= 4 is 22.9 Å². The third kappa shape index (κ3) is 4.17. The molecule has 2 aromatic carbocycles. The molecular formula is C23H23FN2O3S. The lowest BCUT2D eigenvalue weighted by molar-refractivity contribution is -0.117. The van der Waals surface area contributed by atoms with Crippen molar-refractivity contribution in [1.82, 2.24) is 4.90 Å². The minimum absolute atomic E-state index is 0.0631. The molecule has 156 valence electrons. The Morgan fingerprint density at radius 2 is 1.97 bits per heavy atom. The van der Waals surface area contributed by atoms with E-state index >= 15 is 0 Å². The van der Waals surface area contributed by atoms with Gasteiger partial charge < -0.3 is 14.8 Å². The van der Waals surface area contributed by atoms with Gasteiger partial charge in [-0.3, -0.25) is 9.69 Å². The first-order valence-electron chi connectivity index (χ1n) is 9.66. The number of hydrogen-bond donors (Lipinski definition) is 1. The van der Waals surface area contributed by atoms with Crippen LogP contribution in [0.5, 0.6) is 11.5 Å². The van der Waals surface area contributed by atoms with Crippen LogP contribution in [0, 0.1) is 5.82 Å². The molecule has 30 heavy (non-hydrogen) atoms. The molecule has 3 aromatic rings. The predicted octanol–water partition coefficient (Wildman–Crippen LogP) is 4.49. The lowest BCUT2D eigenvalue weighted by atomic mass is 9.91. The zero-order valence-electron chi connectivity index (χ0n) is 16.9. The maximum atomic E-state index is 13.4. The van der Waals surface area contributed by atoms with E-state index in [0.29, 0.717) is 17.2 Å². The Kier molecular flexibility index (Phi) is 6.01. The minimum Gasteiger partial charge on any atom is -0.493 e. The summed E-state index contributed by atoms with van der Waals surface area (Å²) in [6.07, 6.45) is 0.796. The van der Waals surface area contributed by atoms with E-state index in [1.54, 1.807) is 37.7 Å². The third-order valence-corrected chi connectivity index (χ3v) is 6.17. The highest BCUT2D eigenvalue weighted by molar-refractivity contribution is 7.10. The van der Waals surface area contributed by atoms with Crippen LogP contribution >= 0.6 is 11.3 Å². The van der Waals surface area contributed by atoms with Gasteiger partial charge in [-0.05, 0) is 59.3 Å². The molecule has 1 unspecified atom stereocenters. The van der Waals surface area contributed by atoms with Crippen LogP contribution in [0.1, 0.15) is 22.0 Å². The molecule has 0 fully saturated rings. The van der Waals surface area contributed by atoms with Crippen LogP contribution in [0.25, 0.3) is 0 Å². The Morgan fingerprint density at radius 1 is 1.17 bits per heavy atom. The summed E-state index contributed by atoms with van der Waals surface area (Å²) in [6, 6.07) is 14.0. The summed E-state index contributed by atoms with van der Waals surface area (Å²) in [5.74, 6) is 0.825. The number of carbonyl (C=O) groups excluding carboxylic acids is 1. The van der Waals surface area contributed by atoms with Crippen molar-refractivity contribution in [3.63, 3.8) is 0 Å². The van der Waals surface area contributed by atoms with Gasteiger partial charge >= 0.3 is 0 Å². The van der Waals surface area contributed by atoms with Crippen molar-refractivity contribution < 1.29 is 18.7 Å². The monoisotopic (exact) mass is 426 g/mol. The molecule has 5 nitrogen and oxygen atoms in total. The fourth-order valence-electron chi connectivity index (χ4n) is 3.90. The summed E-state index contributed by atoms with van der Waals surface area (Å²) >= 11 is 1.66. The number of nitrogens with one attached hydrogen (secondary N) is 1. The van der Waals surface area contributed by atoms with Gasteiger partial charge in [0.05, 0.1) is 26.8 Å². The first-order valence-corrected chi connectivity index (χ1v) is 10.5. The highest BCUT2D eigenvalue weighted by Gasteiger charge is 2.32. The number of rotatable bonds is 6. The normalized spacial score (nSPS) is 16.0. The molecule has 1 aliphatic heterocycles. The quantitative estimate of drug-likeness (QED) is 0.631. The van der Waals surface area contributed by atoms with Crippen molar-refractivity contribution in [2.24, 2.45) is 0 Å². The first kappa shape index (κ1) is 20.4. The third-order valence-electron chi connectivity index (χ3n) is 5.24. The number of ether oxygens (including phenoxy) is 2. The second-order valence-corrected chi connectivity index (χ2v) is 8.08. The number of fused-ring (bicyclic) bond motifs is 1. The molecule has 0 bridgehead atoms. The van der Waals surface area contributed by atoms with E-state index in [0.717, 1.165) is 23.4 Å². The van der Waals surface area contributed by atoms with Gasteiger partial charge in [-0.15, -0.1) is 11.3 Å². The largest absolute Gasteiger partial charge is 0.493 e. The van der Waals surface area contributed by atoms with Crippen LogP contribution in [0.2, 0.25) is 0 Å². The second kappa shape index (κ2) is 8.85. The Morgan fingerprint density at radius 3 is 2.67 bits per heavy atom. The smallest absolute Gasteiger partial charge is 0.238 e. The van der Waals surface area contributed by atoms with E-state index in [4.69, 9.17) is 9.47 Å². The summed E-state index contributed by atoms with van der Waals surface area (Å²) in [5, 5.41) is 4.84. The van der Waals surface area contributed by atoms with Crippen molar-refractivity contribution in [2.45, 2.75) is 12.5 Å². The molecule has 1 aromatic heterocycles. The molecule has 1 atom stereocenters. The van der Waals surface area contributed by atoms with Crippen molar-refractivity contribution in [3.05, 3.63) is 75.7 Å². The molecule has 0 saturated heterocycles. The van der Waals surface area contributed by atoms with Gasteiger partial charge in [-0.1, -0.05) is 12.1 Å².